The summed E-state index contributed by atoms with van der Waals surface area (Å²) in [4.78, 5) is 12.0. The van der Waals surface area contributed by atoms with E-state index in [0.717, 1.165) is 17.0 Å². The average Bonchev–Trinajstić information content (AvgIpc) is 2.40. The number of hydrogen-bond donors (Lipinski definition) is 3. The molecule has 4 nitrogen and oxygen atoms in total. The van der Waals surface area contributed by atoms with E-state index in [1.807, 2.05) is 39.0 Å². The third-order valence-electron chi connectivity index (χ3n) is 2.95. The maximum absolute atomic E-state index is 12.0. The summed E-state index contributed by atoms with van der Waals surface area (Å²) in [7, 11) is 0. The molecule has 0 spiro atoms. The Morgan fingerprint density at radius 3 is 2.79 bits per heavy atom. The van der Waals surface area contributed by atoms with E-state index in [2.05, 4.69) is 5.32 Å². The fourth-order valence-corrected chi connectivity index (χ4v) is 2.39. The van der Waals surface area contributed by atoms with Crippen LogP contribution in [0.1, 0.15) is 19.4 Å². The fourth-order valence-electron chi connectivity index (χ4n) is 1.46. The summed E-state index contributed by atoms with van der Waals surface area (Å²) in [6.45, 7) is 5.86. The highest BCUT2D eigenvalue weighted by molar-refractivity contribution is 8.00. The van der Waals surface area contributed by atoms with Gasteiger partial charge in [-0.05, 0) is 43.2 Å². The molecule has 4 N–H and O–H groups in total. The van der Waals surface area contributed by atoms with Crippen LogP contribution in [-0.4, -0.2) is 28.6 Å². The normalized spacial score (nSPS) is 13.9. The molecule has 106 valence electrons. The van der Waals surface area contributed by atoms with Crippen LogP contribution in [0.2, 0.25) is 0 Å². The summed E-state index contributed by atoms with van der Waals surface area (Å²) in [5.41, 5.74) is 8.12. The Kier molecular flexibility index (Phi) is 6.18. The monoisotopic (exact) mass is 282 g/mol. The number of hydrogen-bond acceptors (Lipinski definition) is 4. The van der Waals surface area contributed by atoms with Crippen molar-refractivity contribution in [1.82, 2.24) is 0 Å². The zero-order chi connectivity index (χ0) is 14.4. The average molecular weight is 282 g/mol. The molecule has 0 bridgehead atoms. The number of rotatable bonds is 6. The van der Waals surface area contributed by atoms with Gasteiger partial charge >= 0.3 is 0 Å². The van der Waals surface area contributed by atoms with Crippen LogP contribution in [0, 0.1) is 12.8 Å². The molecular formula is C14H22N2O2S. The van der Waals surface area contributed by atoms with Crippen LogP contribution in [0.4, 0.5) is 11.4 Å². The predicted octanol–water partition coefficient (Wildman–Crippen LogP) is 2.27. The first-order chi connectivity index (χ1) is 8.95. The summed E-state index contributed by atoms with van der Waals surface area (Å²) in [5.74, 6) is 0.930. The SMILES string of the molecule is Cc1c(N)cccc1NC(=O)C(C)SCC(C)CO. The quantitative estimate of drug-likeness (QED) is 0.700. The van der Waals surface area contributed by atoms with Gasteiger partial charge in [0.2, 0.25) is 5.91 Å². The number of aliphatic hydroxyl groups excluding tert-OH is 1. The van der Waals surface area contributed by atoms with Crippen LogP contribution < -0.4 is 11.1 Å². The Labute approximate surface area is 118 Å². The molecule has 1 aromatic rings. The van der Waals surface area contributed by atoms with E-state index in [1.54, 1.807) is 11.8 Å². The van der Waals surface area contributed by atoms with E-state index in [9.17, 15) is 4.79 Å². The second-order valence-electron chi connectivity index (χ2n) is 4.77. The summed E-state index contributed by atoms with van der Waals surface area (Å²) in [5, 5.41) is 11.7. The van der Waals surface area contributed by atoms with Crippen molar-refractivity contribution in [2.75, 3.05) is 23.4 Å². The number of benzene rings is 1. The summed E-state index contributed by atoms with van der Waals surface area (Å²) in [6, 6.07) is 5.48. The van der Waals surface area contributed by atoms with E-state index < -0.39 is 0 Å². The Balaban J connectivity index is 2.56. The maximum Gasteiger partial charge on any atom is 0.237 e. The molecule has 2 unspecified atom stereocenters. The third kappa shape index (κ3) is 4.76. The Morgan fingerprint density at radius 2 is 2.16 bits per heavy atom. The largest absolute Gasteiger partial charge is 0.398 e. The topological polar surface area (TPSA) is 75.3 Å². The highest BCUT2D eigenvalue weighted by Crippen LogP contribution is 2.22. The summed E-state index contributed by atoms with van der Waals surface area (Å²) >= 11 is 1.54. The standard InChI is InChI=1S/C14H22N2O2S/c1-9(7-17)8-19-11(3)14(18)16-13-6-4-5-12(15)10(13)2/h4-6,9,11,17H,7-8,15H2,1-3H3,(H,16,18). The number of thioether (sulfide) groups is 1. The number of carbonyl (C=O) groups excluding carboxylic acids is 1. The first-order valence-electron chi connectivity index (χ1n) is 6.34. The van der Waals surface area contributed by atoms with Crippen molar-refractivity contribution in [3.05, 3.63) is 23.8 Å². The van der Waals surface area contributed by atoms with E-state index in [-0.39, 0.29) is 23.7 Å². The Morgan fingerprint density at radius 1 is 1.47 bits per heavy atom. The van der Waals surface area contributed by atoms with Gasteiger partial charge in [-0.25, -0.2) is 0 Å². The summed E-state index contributed by atoms with van der Waals surface area (Å²) in [6.07, 6.45) is 0. The minimum atomic E-state index is -0.158. The highest BCUT2D eigenvalue weighted by Gasteiger charge is 2.15. The summed E-state index contributed by atoms with van der Waals surface area (Å²) < 4.78 is 0. The predicted molar refractivity (Wildman–Crippen MR) is 82.4 cm³/mol. The van der Waals surface area contributed by atoms with Crippen LogP contribution >= 0.6 is 11.8 Å². The second-order valence-corrected chi connectivity index (χ2v) is 6.15. The zero-order valence-corrected chi connectivity index (χ0v) is 12.5. The molecule has 0 fully saturated rings. The number of nitrogens with two attached hydrogens (primary N) is 1. The lowest BCUT2D eigenvalue weighted by Crippen LogP contribution is -2.24. The molecular weight excluding hydrogens is 260 g/mol. The molecule has 0 saturated heterocycles. The molecule has 0 saturated carbocycles. The third-order valence-corrected chi connectivity index (χ3v) is 4.42. The molecule has 1 aromatic carbocycles. The molecule has 0 aliphatic heterocycles. The number of nitrogen functional groups attached to an aromatic ring is 1. The lowest BCUT2D eigenvalue weighted by molar-refractivity contribution is -0.115. The number of nitrogens with one attached hydrogen (secondary N) is 1. The van der Waals surface area contributed by atoms with Crippen LogP contribution in [0.25, 0.3) is 0 Å². The van der Waals surface area contributed by atoms with Gasteiger partial charge in [-0.15, -0.1) is 11.8 Å². The van der Waals surface area contributed by atoms with E-state index in [4.69, 9.17) is 10.8 Å². The van der Waals surface area contributed by atoms with Gasteiger partial charge in [0.1, 0.15) is 0 Å². The van der Waals surface area contributed by atoms with E-state index in [1.165, 1.54) is 0 Å². The van der Waals surface area contributed by atoms with Crippen molar-refractivity contribution >= 4 is 29.0 Å². The van der Waals surface area contributed by atoms with Crippen molar-refractivity contribution in [3.63, 3.8) is 0 Å². The molecule has 0 aliphatic carbocycles. The van der Waals surface area contributed by atoms with E-state index in [0.29, 0.717) is 5.69 Å². The van der Waals surface area contributed by atoms with Crippen molar-refractivity contribution < 1.29 is 9.90 Å². The number of anilines is 2. The van der Waals surface area contributed by atoms with Gasteiger partial charge in [0.15, 0.2) is 0 Å². The molecule has 1 rings (SSSR count). The van der Waals surface area contributed by atoms with Gasteiger partial charge in [0, 0.05) is 18.0 Å². The van der Waals surface area contributed by atoms with Crippen molar-refractivity contribution in [1.29, 1.82) is 0 Å². The minimum absolute atomic E-state index is 0.0381. The molecule has 0 aromatic heterocycles. The van der Waals surface area contributed by atoms with Gasteiger partial charge in [-0.3, -0.25) is 4.79 Å². The molecule has 1 amide bonds. The lowest BCUT2D eigenvalue weighted by atomic mass is 10.1. The second kappa shape index (κ2) is 7.40. The molecule has 2 atom stereocenters. The maximum atomic E-state index is 12.0. The molecule has 0 heterocycles. The smallest absolute Gasteiger partial charge is 0.237 e. The first kappa shape index (κ1) is 15.9. The minimum Gasteiger partial charge on any atom is -0.398 e. The van der Waals surface area contributed by atoms with Gasteiger partial charge < -0.3 is 16.2 Å². The molecule has 19 heavy (non-hydrogen) atoms. The molecule has 5 heteroatoms. The van der Waals surface area contributed by atoms with Crippen molar-refractivity contribution in [2.45, 2.75) is 26.0 Å². The number of amides is 1. The van der Waals surface area contributed by atoms with Crippen LogP contribution in [-0.2, 0) is 4.79 Å². The van der Waals surface area contributed by atoms with Crippen LogP contribution in [0.15, 0.2) is 18.2 Å². The van der Waals surface area contributed by atoms with E-state index >= 15 is 0 Å². The van der Waals surface area contributed by atoms with Gasteiger partial charge in [-0.2, -0.15) is 0 Å². The van der Waals surface area contributed by atoms with Crippen LogP contribution in [0.5, 0.6) is 0 Å². The first-order valence-corrected chi connectivity index (χ1v) is 7.39. The van der Waals surface area contributed by atoms with Gasteiger partial charge in [-0.1, -0.05) is 13.0 Å². The number of aliphatic hydroxyl groups is 1. The number of carbonyl (C=O) groups is 1. The zero-order valence-electron chi connectivity index (χ0n) is 11.6. The van der Waals surface area contributed by atoms with Gasteiger partial charge in [0.05, 0.1) is 5.25 Å². The Hall–Kier alpha value is -1.20. The Bertz CT molecular complexity index is 437. The fraction of sp³-hybridized carbons (Fsp3) is 0.500. The molecule has 0 aliphatic rings. The lowest BCUT2D eigenvalue weighted by Gasteiger charge is -2.15. The van der Waals surface area contributed by atoms with Crippen LogP contribution in [0.3, 0.4) is 0 Å². The van der Waals surface area contributed by atoms with Gasteiger partial charge in [0.25, 0.3) is 0 Å². The van der Waals surface area contributed by atoms with Crippen molar-refractivity contribution in [2.24, 2.45) is 5.92 Å². The molecule has 0 radical (unpaired) electrons. The van der Waals surface area contributed by atoms with Crippen molar-refractivity contribution in [3.8, 4) is 0 Å². The highest BCUT2D eigenvalue weighted by atomic mass is 32.2.